The summed E-state index contributed by atoms with van der Waals surface area (Å²) in [5, 5.41) is 7.60. The van der Waals surface area contributed by atoms with E-state index in [2.05, 4.69) is 6.58 Å². The Bertz CT molecular complexity index is 192. The number of hydrogen-bond donors (Lipinski definition) is 2. The molecule has 0 rings (SSSR count). The molecule has 0 bridgehead atoms. The van der Waals surface area contributed by atoms with Crippen molar-refractivity contribution in [2.45, 2.75) is 32.7 Å². The molecule has 0 amide bonds. The van der Waals surface area contributed by atoms with Gasteiger partial charge in [-0.2, -0.15) is 0 Å². The van der Waals surface area contributed by atoms with Gasteiger partial charge in [0.05, 0.1) is 0 Å². The molecule has 0 unspecified atom stereocenters. The summed E-state index contributed by atoms with van der Waals surface area (Å²) in [6, 6.07) is 0. The predicted molar refractivity (Wildman–Crippen MR) is 51.4 cm³/mol. The summed E-state index contributed by atoms with van der Waals surface area (Å²) in [7, 11) is 0. The first-order chi connectivity index (χ1) is 5.69. The van der Waals surface area contributed by atoms with Gasteiger partial charge in [-0.3, -0.25) is 4.79 Å². The van der Waals surface area contributed by atoms with Crippen molar-refractivity contribution in [1.82, 2.24) is 0 Å². The van der Waals surface area contributed by atoms with E-state index in [0.717, 1.165) is 6.08 Å². The first-order valence-corrected chi connectivity index (χ1v) is 3.82. The Labute approximate surface area is 78.4 Å². The summed E-state index contributed by atoms with van der Waals surface area (Å²) in [4.78, 5) is 19.6. The minimum Gasteiger partial charge on any atom is -0.478 e. The number of ketones is 1. The van der Waals surface area contributed by atoms with Crippen molar-refractivity contribution in [2.24, 2.45) is 5.73 Å². The van der Waals surface area contributed by atoms with Crippen LogP contribution in [0.15, 0.2) is 12.7 Å². The molecule has 0 spiro atoms. The second-order valence-electron chi connectivity index (χ2n) is 3.41. The summed E-state index contributed by atoms with van der Waals surface area (Å²) < 4.78 is 0. The fourth-order valence-electron chi connectivity index (χ4n) is 0.642. The molecule has 0 radical (unpaired) electrons. The fraction of sp³-hybridized carbons (Fsp3) is 0.556. The van der Waals surface area contributed by atoms with Gasteiger partial charge in [0.1, 0.15) is 5.78 Å². The van der Waals surface area contributed by atoms with Gasteiger partial charge in [-0.05, 0) is 20.8 Å². The van der Waals surface area contributed by atoms with E-state index in [-0.39, 0.29) is 11.3 Å². The molecule has 0 aliphatic carbocycles. The van der Waals surface area contributed by atoms with Crippen LogP contribution in [0, 0.1) is 0 Å². The molecule has 4 nitrogen and oxygen atoms in total. The van der Waals surface area contributed by atoms with E-state index in [1.807, 2.05) is 13.8 Å². The van der Waals surface area contributed by atoms with Crippen LogP contribution in [0.3, 0.4) is 0 Å². The van der Waals surface area contributed by atoms with Crippen LogP contribution in [0.5, 0.6) is 0 Å². The lowest BCUT2D eigenvalue weighted by Crippen LogP contribution is -2.33. The Hall–Kier alpha value is -1.16. The predicted octanol–water partition coefficient (Wildman–Crippen LogP) is 0.960. The molecular weight excluding hydrogens is 170 g/mol. The zero-order chi connectivity index (χ0) is 11.1. The highest BCUT2D eigenvalue weighted by molar-refractivity contribution is 5.78. The number of carbonyl (C=O) groups excluding carboxylic acids is 1. The summed E-state index contributed by atoms with van der Waals surface area (Å²) in [6.07, 6.45) is 1.30. The van der Waals surface area contributed by atoms with Gasteiger partial charge in [0.15, 0.2) is 0 Å². The molecule has 0 aromatic carbocycles. The van der Waals surface area contributed by atoms with Gasteiger partial charge in [0.2, 0.25) is 0 Å². The van der Waals surface area contributed by atoms with Crippen LogP contribution in [-0.4, -0.2) is 22.4 Å². The van der Waals surface area contributed by atoms with Crippen molar-refractivity contribution in [3.8, 4) is 0 Å². The van der Waals surface area contributed by atoms with Crippen LogP contribution in [0.2, 0.25) is 0 Å². The molecule has 0 fully saturated rings. The smallest absolute Gasteiger partial charge is 0.327 e. The van der Waals surface area contributed by atoms with Gasteiger partial charge >= 0.3 is 5.97 Å². The summed E-state index contributed by atoms with van der Waals surface area (Å²) >= 11 is 0. The van der Waals surface area contributed by atoms with Gasteiger partial charge in [-0.15, -0.1) is 0 Å². The highest BCUT2D eigenvalue weighted by Crippen LogP contribution is 2.02. The zero-order valence-corrected chi connectivity index (χ0v) is 8.33. The third kappa shape index (κ3) is 24.8. The summed E-state index contributed by atoms with van der Waals surface area (Å²) in [5.74, 6) is -0.831. The average Bonchev–Trinajstić information content (AvgIpc) is 1.83. The van der Waals surface area contributed by atoms with Gasteiger partial charge in [0.25, 0.3) is 0 Å². The lowest BCUT2D eigenvalue weighted by Gasteiger charge is -2.14. The molecule has 0 aliphatic rings. The first-order valence-electron chi connectivity index (χ1n) is 3.82. The molecule has 0 atom stereocenters. The molecule has 4 heteroatoms. The van der Waals surface area contributed by atoms with Gasteiger partial charge in [-0.1, -0.05) is 6.58 Å². The van der Waals surface area contributed by atoms with Crippen molar-refractivity contribution in [3.63, 3.8) is 0 Å². The van der Waals surface area contributed by atoms with E-state index in [4.69, 9.17) is 10.8 Å². The largest absolute Gasteiger partial charge is 0.478 e. The molecule has 0 heterocycles. The number of hydrogen-bond acceptors (Lipinski definition) is 3. The van der Waals surface area contributed by atoms with Crippen molar-refractivity contribution in [1.29, 1.82) is 0 Å². The third-order valence-corrected chi connectivity index (χ3v) is 0.879. The Balaban J connectivity index is 0. The SMILES string of the molecule is C=CC(=O)O.CC(=O)CC(C)(C)N. The van der Waals surface area contributed by atoms with Crippen LogP contribution in [-0.2, 0) is 9.59 Å². The molecule has 3 N–H and O–H groups in total. The number of aliphatic carboxylic acids is 1. The van der Waals surface area contributed by atoms with E-state index in [1.54, 1.807) is 6.92 Å². The molecular formula is C9H17NO3. The zero-order valence-electron chi connectivity index (χ0n) is 8.33. The third-order valence-electron chi connectivity index (χ3n) is 0.879. The summed E-state index contributed by atoms with van der Waals surface area (Å²) in [6.45, 7) is 8.19. The number of rotatable bonds is 3. The molecule has 0 aliphatic heterocycles. The van der Waals surface area contributed by atoms with Gasteiger partial charge < -0.3 is 10.8 Å². The van der Waals surface area contributed by atoms with Crippen LogP contribution < -0.4 is 5.73 Å². The number of carboxylic acids is 1. The lowest BCUT2D eigenvalue weighted by atomic mass is 10.0. The first kappa shape index (κ1) is 14.4. The molecule has 0 saturated heterocycles. The molecule has 13 heavy (non-hydrogen) atoms. The van der Waals surface area contributed by atoms with Crippen LogP contribution in [0.25, 0.3) is 0 Å². The standard InChI is InChI=1S/C6H13NO.C3H4O2/c1-5(8)4-6(2,3)7;1-2-3(4)5/h4,7H2,1-3H3;2H,1H2,(H,4,5). The van der Waals surface area contributed by atoms with E-state index < -0.39 is 5.97 Å². The van der Waals surface area contributed by atoms with Crippen molar-refractivity contribution in [2.75, 3.05) is 0 Å². The van der Waals surface area contributed by atoms with Gasteiger partial charge in [-0.25, -0.2) is 4.79 Å². The number of carboxylic acid groups (broad SMARTS) is 1. The maximum absolute atomic E-state index is 10.4. The monoisotopic (exact) mass is 187 g/mol. The molecule has 76 valence electrons. The molecule has 0 saturated carbocycles. The Morgan fingerprint density at radius 1 is 1.54 bits per heavy atom. The summed E-state index contributed by atoms with van der Waals surface area (Å²) in [5.41, 5.74) is 5.19. The molecule has 0 aromatic heterocycles. The van der Waals surface area contributed by atoms with Crippen molar-refractivity contribution >= 4 is 11.8 Å². The fourth-order valence-corrected chi connectivity index (χ4v) is 0.642. The maximum atomic E-state index is 10.4. The Morgan fingerprint density at radius 3 is 1.85 bits per heavy atom. The van der Waals surface area contributed by atoms with E-state index in [0.29, 0.717) is 6.42 Å². The normalized spacial score (nSPS) is 9.54. The van der Waals surface area contributed by atoms with Crippen molar-refractivity contribution in [3.05, 3.63) is 12.7 Å². The quantitative estimate of drug-likeness (QED) is 0.645. The number of nitrogens with two attached hydrogens (primary N) is 1. The second-order valence-corrected chi connectivity index (χ2v) is 3.41. The Kier molecular flexibility index (Phi) is 7.04. The van der Waals surface area contributed by atoms with Gasteiger partial charge in [0, 0.05) is 18.0 Å². The minimum atomic E-state index is -0.981. The highest BCUT2D eigenvalue weighted by Gasteiger charge is 2.11. The van der Waals surface area contributed by atoms with Crippen LogP contribution in [0.1, 0.15) is 27.2 Å². The number of carbonyl (C=O) groups is 2. The second kappa shape index (κ2) is 6.37. The number of Topliss-reactive ketones (excluding diaryl/α,β-unsaturated/α-hetero) is 1. The van der Waals surface area contributed by atoms with Crippen LogP contribution >= 0.6 is 0 Å². The van der Waals surface area contributed by atoms with Crippen molar-refractivity contribution < 1.29 is 14.7 Å². The Morgan fingerprint density at radius 2 is 1.85 bits per heavy atom. The van der Waals surface area contributed by atoms with E-state index >= 15 is 0 Å². The lowest BCUT2D eigenvalue weighted by molar-refractivity contribution is -0.131. The van der Waals surface area contributed by atoms with Crippen LogP contribution in [0.4, 0.5) is 0 Å². The average molecular weight is 187 g/mol. The minimum absolute atomic E-state index is 0.150. The van der Waals surface area contributed by atoms with E-state index in [9.17, 15) is 9.59 Å². The topological polar surface area (TPSA) is 80.4 Å². The highest BCUT2D eigenvalue weighted by atomic mass is 16.4. The molecule has 0 aromatic rings. The van der Waals surface area contributed by atoms with E-state index in [1.165, 1.54) is 0 Å². The maximum Gasteiger partial charge on any atom is 0.327 e.